The molecule has 1 amide bonds. The van der Waals surface area contributed by atoms with Gasteiger partial charge in [0.2, 0.25) is 5.91 Å². The van der Waals surface area contributed by atoms with Gasteiger partial charge >= 0.3 is 5.97 Å². The molecule has 0 aromatic carbocycles. The van der Waals surface area contributed by atoms with Crippen molar-refractivity contribution < 1.29 is 24.2 Å². The van der Waals surface area contributed by atoms with Gasteiger partial charge in [0.05, 0.1) is 12.7 Å². The predicted molar refractivity (Wildman–Crippen MR) is 57.1 cm³/mol. The normalized spacial score (nSPS) is 14.2. The number of carboxylic acid groups (broad SMARTS) is 1. The lowest BCUT2D eigenvalue weighted by molar-refractivity contribution is -0.143. The number of carbonyl (C=O) groups is 2. The number of ether oxygens (including phenoxy) is 2. The Morgan fingerprint density at radius 2 is 2.06 bits per heavy atom. The molecule has 0 fully saturated rings. The van der Waals surface area contributed by atoms with Crippen molar-refractivity contribution in [2.75, 3.05) is 20.3 Å². The average molecular weight is 233 g/mol. The third-order valence-electron chi connectivity index (χ3n) is 2.03. The van der Waals surface area contributed by atoms with Crippen LogP contribution in [0.3, 0.4) is 0 Å². The fourth-order valence-electron chi connectivity index (χ4n) is 0.988. The number of rotatable bonds is 8. The Kier molecular flexibility index (Phi) is 7.49. The second-order valence-corrected chi connectivity index (χ2v) is 3.50. The Morgan fingerprint density at radius 3 is 2.50 bits per heavy atom. The van der Waals surface area contributed by atoms with Crippen LogP contribution in [-0.2, 0) is 19.1 Å². The number of hydrogen-bond donors (Lipinski definition) is 2. The largest absolute Gasteiger partial charge is 0.480 e. The van der Waals surface area contributed by atoms with E-state index in [-0.39, 0.29) is 18.6 Å². The summed E-state index contributed by atoms with van der Waals surface area (Å²) >= 11 is 0. The van der Waals surface area contributed by atoms with Gasteiger partial charge in [0.15, 0.2) is 6.04 Å². The Morgan fingerprint density at radius 1 is 1.44 bits per heavy atom. The molecular formula is C10H19NO5. The fourth-order valence-corrected chi connectivity index (χ4v) is 0.988. The first kappa shape index (κ1) is 14.9. The van der Waals surface area contributed by atoms with Crippen LogP contribution in [0.25, 0.3) is 0 Å². The molecule has 6 nitrogen and oxygen atoms in total. The van der Waals surface area contributed by atoms with Crippen LogP contribution < -0.4 is 5.32 Å². The molecule has 0 rings (SSSR count). The standard InChI is InChI=1S/C10H19NO5/c1-7(15-3)4-5-16-6-9(10(13)14)11-8(2)12/h7,9H,4-6H2,1-3H3,(H,11,12)(H,13,14)/t7?,9-/m0/s1. The summed E-state index contributed by atoms with van der Waals surface area (Å²) in [4.78, 5) is 21.4. The van der Waals surface area contributed by atoms with Gasteiger partial charge in [-0.2, -0.15) is 0 Å². The summed E-state index contributed by atoms with van der Waals surface area (Å²) in [6.07, 6.45) is 0.757. The van der Waals surface area contributed by atoms with E-state index < -0.39 is 12.0 Å². The Balaban J connectivity index is 3.77. The zero-order valence-corrected chi connectivity index (χ0v) is 9.86. The summed E-state index contributed by atoms with van der Waals surface area (Å²) in [5, 5.41) is 11.0. The molecule has 0 aliphatic rings. The smallest absolute Gasteiger partial charge is 0.328 e. The summed E-state index contributed by atoms with van der Waals surface area (Å²) in [7, 11) is 1.60. The van der Waals surface area contributed by atoms with E-state index in [0.717, 1.165) is 0 Å². The molecule has 2 N–H and O–H groups in total. The maximum absolute atomic E-state index is 10.7. The minimum atomic E-state index is -1.10. The molecule has 0 aromatic heterocycles. The maximum Gasteiger partial charge on any atom is 0.328 e. The van der Waals surface area contributed by atoms with Gasteiger partial charge in [0, 0.05) is 20.6 Å². The quantitative estimate of drug-likeness (QED) is 0.577. The maximum atomic E-state index is 10.7. The van der Waals surface area contributed by atoms with Gasteiger partial charge in [-0.15, -0.1) is 0 Å². The highest BCUT2D eigenvalue weighted by molar-refractivity contribution is 5.82. The molecule has 6 heteroatoms. The summed E-state index contributed by atoms with van der Waals surface area (Å²) < 4.78 is 10.2. The Labute approximate surface area is 94.9 Å². The molecule has 1 unspecified atom stereocenters. The van der Waals surface area contributed by atoms with Crippen molar-refractivity contribution in [3.05, 3.63) is 0 Å². The van der Waals surface area contributed by atoms with Crippen LogP contribution in [0.2, 0.25) is 0 Å². The van der Waals surface area contributed by atoms with Crippen molar-refractivity contribution in [1.29, 1.82) is 0 Å². The van der Waals surface area contributed by atoms with Gasteiger partial charge in [0.25, 0.3) is 0 Å². The van der Waals surface area contributed by atoms with Crippen LogP contribution in [0.5, 0.6) is 0 Å². The molecule has 16 heavy (non-hydrogen) atoms. The van der Waals surface area contributed by atoms with Crippen molar-refractivity contribution in [2.45, 2.75) is 32.4 Å². The second kappa shape index (κ2) is 8.06. The molecule has 0 radical (unpaired) electrons. The summed E-state index contributed by atoms with van der Waals surface area (Å²) in [6, 6.07) is -0.990. The van der Waals surface area contributed by atoms with Crippen LogP contribution >= 0.6 is 0 Å². The second-order valence-electron chi connectivity index (χ2n) is 3.50. The van der Waals surface area contributed by atoms with Crippen molar-refractivity contribution in [3.63, 3.8) is 0 Å². The van der Waals surface area contributed by atoms with Gasteiger partial charge in [-0.3, -0.25) is 4.79 Å². The first-order chi connectivity index (χ1) is 7.47. The van der Waals surface area contributed by atoms with Crippen LogP contribution in [0.15, 0.2) is 0 Å². The first-order valence-electron chi connectivity index (χ1n) is 5.07. The summed E-state index contributed by atoms with van der Waals surface area (Å²) in [5.74, 6) is -1.49. The van der Waals surface area contributed by atoms with Crippen molar-refractivity contribution in [2.24, 2.45) is 0 Å². The monoisotopic (exact) mass is 233 g/mol. The SMILES string of the molecule is COC(C)CCOC[C@H](NC(C)=O)C(=O)O. The molecular weight excluding hydrogens is 214 g/mol. The average Bonchev–Trinajstić information content (AvgIpc) is 2.21. The Hall–Kier alpha value is -1.14. The number of amides is 1. The molecule has 0 saturated carbocycles. The Bertz CT molecular complexity index is 231. The lowest BCUT2D eigenvalue weighted by Gasteiger charge is -2.14. The number of carboxylic acids is 1. The van der Waals surface area contributed by atoms with E-state index in [2.05, 4.69) is 5.32 Å². The van der Waals surface area contributed by atoms with E-state index in [9.17, 15) is 9.59 Å². The summed E-state index contributed by atoms with van der Waals surface area (Å²) in [6.45, 7) is 3.53. The number of nitrogens with one attached hydrogen (secondary N) is 1. The molecule has 0 heterocycles. The number of aliphatic carboxylic acids is 1. The fraction of sp³-hybridized carbons (Fsp3) is 0.800. The highest BCUT2D eigenvalue weighted by atomic mass is 16.5. The van der Waals surface area contributed by atoms with E-state index in [0.29, 0.717) is 13.0 Å². The molecule has 0 aromatic rings. The van der Waals surface area contributed by atoms with Gasteiger partial charge in [0.1, 0.15) is 0 Å². The van der Waals surface area contributed by atoms with Crippen molar-refractivity contribution >= 4 is 11.9 Å². The van der Waals surface area contributed by atoms with Gasteiger partial charge in [-0.1, -0.05) is 0 Å². The molecule has 2 atom stereocenters. The minimum Gasteiger partial charge on any atom is -0.480 e. The van der Waals surface area contributed by atoms with E-state index in [1.165, 1.54) is 6.92 Å². The third-order valence-corrected chi connectivity index (χ3v) is 2.03. The number of methoxy groups -OCH3 is 1. The lowest BCUT2D eigenvalue weighted by atomic mass is 10.3. The van der Waals surface area contributed by atoms with Crippen LogP contribution in [0.1, 0.15) is 20.3 Å². The molecule has 94 valence electrons. The van der Waals surface area contributed by atoms with Crippen molar-refractivity contribution in [1.82, 2.24) is 5.32 Å². The number of carbonyl (C=O) groups excluding carboxylic acids is 1. The third kappa shape index (κ3) is 7.19. The number of hydrogen-bond acceptors (Lipinski definition) is 4. The lowest BCUT2D eigenvalue weighted by Crippen LogP contribution is -2.43. The highest BCUT2D eigenvalue weighted by Crippen LogP contribution is 1.96. The summed E-state index contributed by atoms with van der Waals surface area (Å²) in [5.41, 5.74) is 0. The van der Waals surface area contributed by atoms with Crippen LogP contribution in [0.4, 0.5) is 0 Å². The van der Waals surface area contributed by atoms with Gasteiger partial charge in [-0.05, 0) is 13.3 Å². The van der Waals surface area contributed by atoms with Gasteiger partial charge in [-0.25, -0.2) is 4.79 Å². The predicted octanol–water partition coefficient (Wildman–Crippen LogP) is 0.0173. The van der Waals surface area contributed by atoms with Crippen LogP contribution in [0, 0.1) is 0 Å². The van der Waals surface area contributed by atoms with Crippen LogP contribution in [-0.4, -0.2) is 49.5 Å². The molecule has 0 aliphatic carbocycles. The highest BCUT2D eigenvalue weighted by Gasteiger charge is 2.18. The van der Waals surface area contributed by atoms with E-state index in [1.807, 2.05) is 6.92 Å². The first-order valence-corrected chi connectivity index (χ1v) is 5.07. The molecule has 0 bridgehead atoms. The zero-order chi connectivity index (χ0) is 12.6. The van der Waals surface area contributed by atoms with Gasteiger partial charge < -0.3 is 19.9 Å². The van der Waals surface area contributed by atoms with E-state index >= 15 is 0 Å². The molecule has 0 aliphatic heterocycles. The van der Waals surface area contributed by atoms with E-state index in [1.54, 1.807) is 7.11 Å². The zero-order valence-electron chi connectivity index (χ0n) is 9.86. The minimum absolute atomic E-state index is 0.0364. The molecule has 0 saturated heterocycles. The molecule has 0 spiro atoms. The van der Waals surface area contributed by atoms with Crippen molar-refractivity contribution in [3.8, 4) is 0 Å². The topological polar surface area (TPSA) is 84.9 Å². The van der Waals surface area contributed by atoms with E-state index in [4.69, 9.17) is 14.6 Å².